The van der Waals surface area contributed by atoms with Crippen LogP contribution in [-0.2, 0) is 6.42 Å². The number of hydrogen-bond acceptors (Lipinski definition) is 3. The van der Waals surface area contributed by atoms with Crippen LogP contribution in [0.2, 0.25) is 0 Å². The Balaban J connectivity index is 2.73. The SMILES string of the molecule is CCOc1ccc(CCC(C)(C)CNC)cc1OCC. The van der Waals surface area contributed by atoms with Gasteiger partial charge in [0.25, 0.3) is 0 Å². The van der Waals surface area contributed by atoms with Crippen LogP contribution in [0, 0.1) is 5.41 Å². The van der Waals surface area contributed by atoms with Crippen molar-refractivity contribution in [2.24, 2.45) is 5.41 Å². The van der Waals surface area contributed by atoms with E-state index in [2.05, 4.69) is 31.3 Å². The second-order valence-electron chi connectivity index (χ2n) is 5.84. The largest absolute Gasteiger partial charge is 0.490 e. The van der Waals surface area contributed by atoms with Gasteiger partial charge in [-0.3, -0.25) is 0 Å². The molecule has 0 aliphatic heterocycles. The zero-order valence-corrected chi connectivity index (χ0v) is 13.6. The van der Waals surface area contributed by atoms with E-state index < -0.39 is 0 Å². The average molecular weight is 279 g/mol. The fraction of sp³-hybridized carbons (Fsp3) is 0.647. The van der Waals surface area contributed by atoms with Crippen molar-refractivity contribution < 1.29 is 9.47 Å². The predicted octanol–water partition coefficient (Wildman–Crippen LogP) is 3.66. The highest BCUT2D eigenvalue weighted by Gasteiger charge is 2.17. The van der Waals surface area contributed by atoms with Crippen LogP contribution in [0.15, 0.2) is 18.2 Å². The highest BCUT2D eigenvalue weighted by molar-refractivity contribution is 5.43. The molecular weight excluding hydrogens is 250 g/mol. The van der Waals surface area contributed by atoms with E-state index in [-0.39, 0.29) is 0 Å². The minimum Gasteiger partial charge on any atom is -0.490 e. The maximum atomic E-state index is 5.67. The van der Waals surface area contributed by atoms with Crippen molar-refractivity contribution >= 4 is 0 Å². The van der Waals surface area contributed by atoms with E-state index in [0.717, 1.165) is 30.9 Å². The molecule has 0 aromatic heterocycles. The summed E-state index contributed by atoms with van der Waals surface area (Å²) in [4.78, 5) is 0. The second kappa shape index (κ2) is 8.15. The molecule has 0 bridgehead atoms. The van der Waals surface area contributed by atoms with Gasteiger partial charge in [0.05, 0.1) is 13.2 Å². The summed E-state index contributed by atoms with van der Waals surface area (Å²) in [5.74, 6) is 1.70. The first-order valence-electron chi connectivity index (χ1n) is 7.55. The third-order valence-electron chi connectivity index (χ3n) is 3.35. The molecule has 3 nitrogen and oxygen atoms in total. The molecule has 0 amide bonds. The highest BCUT2D eigenvalue weighted by atomic mass is 16.5. The van der Waals surface area contributed by atoms with Gasteiger partial charge in [0, 0.05) is 0 Å². The molecule has 1 aromatic carbocycles. The van der Waals surface area contributed by atoms with Gasteiger partial charge in [-0.15, -0.1) is 0 Å². The standard InChI is InChI=1S/C17H29NO2/c1-6-19-15-9-8-14(12-16(15)20-7-2)10-11-17(3,4)13-18-5/h8-9,12,18H,6-7,10-11,13H2,1-5H3. The summed E-state index contributed by atoms with van der Waals surface area (Å²) in [6.07, 6.45) is 2.20. The van der Waals surface area contributed by atoms with Crippen molar-refractivity contribution in [3.8, 4) is 11.5 Å². The molecule has 0 saturated heterocycles. The third-order valence-corrected chi connectivity index (χ3v) is 3.35. The Hall–Kier alpha value is -1.22. The van der Waals surface area contributed by atoms with Crippen molar-refractivity contribution in [3.63, 3.8) is 0 Å². The molecule has 0 heterocycles. The van der Waals surface area contributed by atoms with Gasteiger partial charge in [-0.25, -0.2) is 0 Å². The minimum absolute atomic E-state index is 0.305. The lowest BCUT2D eigenvalue weighted by Gasteiger charge is -2.24. The van der Waals surface area contributed by atoms with E-state index >= 15 is 0 Å². The van der Waals surface area contributed by atoms with Gasteiger partial charge in [-0.1, -0.05) is 19.9 Å². The summed E-state index contributed by atoms with van der Waals surface area (Å²) in [5, 5.41) is 3.26. The summed E-state index contributed by atoms with van der Waals surface area (Å²) < 4.78 is 11.3. The molecule has 0 spiro atoms. The molecule has 0 saturated carbocycles. The molecule has 0 radical (unpaired) electrons. The summed E-state index contributed by atoms with van der Waals surface area (Å²) in [7, 11) is 2.01. The lowest BCUT2D eigenvalue weighted by molar-refractivity contribution is 0.287. The minimum atomic E-state index is 0.305. The van der Waals surface area contributed by atoms with Crippen LogP contribution in [-0.4, -0.2) is 26.8 Å². The Labute approximate surface area is 123 Å². The second-order valence-corrected chi connectivity index (χ2v) is 5.84. The number of benzene rings is 1. The van der Waals surface area contributed by atoms with Crippen molar-refractivity contribution in [2.45, 2.75) is 40.5 Å². The predicted molar refractivity (Wildman–Crippen MR) is 84.8 cm³/mol. The Morgan fingerprint density at radius 2 is 1.70 bits per heavy atom. The quantitative estimate of drug-likeness (QED) is 0.748. The summed E-state index contributed by atoms with van der Waals surface area (Å²) in [6, 6.07) is 6.28. The fourth-order valence-corrected chi connectivity index (χ4v) is 2.30. The zero-order chi connectivity index (χ0) is 15.0. The van der Waals surface area contributed by atoms with E-state index in [1.54, 1.807) is 0 Å². The van der Waals surface area contributed by atoms with E-state index in [9.17, 15) is 0 Å². The van der Waals surface area contributed by atoms with E-state index in [1.807, 2.05) is 27.0 Å². The first kappa shape index (κ1) is 16.8. The lowest BCUT2D eigenvalue weighted by Crippen LogP contribution is -2.27. The van der Waals surface area contributed by atoms with Crippen LogP contribution < -0.4 is 14.8 Å². The Morgan fingerprint density at radius 1 is 1.05 bits per heavy atom. The number of ether oxygens (including phenoxy) is 2. The van der Waals surface area contributed by atoms with Crippen LogP contribution in [0.4, 0.5) is 0 Å². The number of hydrogen-bond donors (Lipinski definition) is 1. The van der Waals surface area contributed by atoms with Crippen LogP contribution in [0.1, 0.15) is 39.7 Å². The maximum absolute atomic E-state index is 5.67. The van der Waals surface area contributed by atoms with Crippen molar-refractivity contribution in [2.75, 3.05) is 26.8 Å². The first-order chi connectivity index (χ1) is 9.52. The third kappa shape index (κ3) is 5.41. The van der Waals surface area contributed by atoms with Crippen molar-refractivity contribution in [3.05, 3.63) is 23.8 Å². The zero-order valence-electron chi connectivity index (χ0n) is 13.6. The molecular formula is C17H29NO2. The Kier molecular flexibility index (Phi) is 6.86. The monoisotopic (exact) mass is 279 g/mol. The average Bonchev–Trinajstić information content (AvgIpc) is 2.39. The van der Waals surface area contributed by atoms with Crippen molar-refractivity contribution in [1.29, 1.82) is 0 Å². The van der Waals surface area contributed by atoms with E-state index in [4.69, 9.17) is 9.47 Å². The van der Waals surface area contributed by atoms with Crippen LogP contribution in [0.25, 0.3) is 0 Å². The van der Waals surface area contributed by atoms with Gasteiger partial charge in [0.15, 0.2) is 11.5 Å². The number of aryl methyl sites for hydroxylation is 1. The van der Waals surface area contributed by atoms with Crippen LogP contribution >= 0.6 is 0 Å². The molecule has 0 unspecified atom stereocenters. The van der Waals surface area contributed by atoms with Gasteiger partial charge in [0.1, 0.15) is 0 Å². The summed E-state index contributed by atoms with van der Waals surface area (Å²) in [6.45, 7) is 10.9. The van der Waals surface area contributed by atoms with E-state index in [0.29, 0.717) is 18.6 Å². The Morgan fingerprint density at radius 3 is 2.30 bits per heavy atom. The van der Waals surface area contributed by atoms with Gasteiger partial charge >= 0.3 is 0 Å². The normalized spacial score (nSPS) is 11.4. The first-order valence-corrected chi connectivity index (χ1v) is 7.55. The number of nitrogens with one attached hydrogen (secondary N) is 1. The van der Waals surface area contributed by atoms with Crippen LogP contribution in [0.3, 0.4) is 0 Å². The maximum Gasteiger partial charge on any atom is 0.161 e. The van der Waals surface area contributed by atoms with E-state index in [1.165, 1.54) is 5.56 Å². The van der Waals surface area contributed by atoms with Gasteiger partial charge < -0.3 is 14.8 Å². The summed E-state index contributed by atoms with van der Waals surface area (Å²) >= 11 is 0. The molecule has 0 aliphatic carbocycles. The van der Waals surface area contributed by atoms with Gasteiger partial charge in [-0.2, -0.15) is 0 Å². The molecule has 114 valence electrons. The number of rotatable bonds is 9. The highest BCUT2D eigenvalue weighted by Crippen LogP contribution is 2.30. The van der Waals surface area contributed by atoms with Crippen molar-refractivity contribution in [1.82, 2.24) is 5.32 Å². The topological polar surface area (TPSA) is 30.5 Å². The molecule has 0 aliphatic rings. The molecule has 0 atom stereocenters. The molecule has 20 heavy (non-hydrogen) atoms. The molecule has 1 rings (SSSR count). The summed E-state index contributed by atoms with van der Waals surface area (Å²) in [5.41, 5.74) is 1.61. The molecule has 1 aromatic rings. The Bertz CT molecular complexity index is 402. The van der Waals surface area contributed by atoms with Crippen LogP contribution in [0.5, 0.6) is 11.5 Å². The lowest BCUT2D eigenvalue weighted by atomic mass is 9.86. The molecule has 1 N–H and O–H groups in total. The molecule has 3 heteroatoms. The smallest absolute Gasteiger partial charge is 0.161 e. The van der Waals surface area contributed by atoms with Gasteiger partial charge in [0.2, 0.25) is 0 Å². The fourth-order valence-electron chi connectivity index (χ4n) is 2.30. The van der Waals surface area contributed by atoms with Gasteiger partial charge in [-0.05, 0) is 63.4 Å². The molecule has 0 fully saturated rings.